The van der Waals surface area contributed by atoms with Crippen LogP contribution < -0.4 is 5.32 Å². The maximum Gasteiger partial charge on any atom is 0.237 e. The van der Waals surface area contributed by atoms with Gasteiger partial charge in [0, 0.05) is 31.7 Å². The molecule has 0 aromatic rings. The molecular formula is C22H39N3O3S. The molecule has 1 amide bonds. The molecule has 0 aromatic heterocycles. The van der Waals surface area contributed by atoms with Gasteiger partial charge in [-0.3, -0.25) is 9.69 Å². The molecule has 0 aromatic carbocycles. The third-order valence-electron chi connectivity index (χ3n) is 8.03. The van der Waals surface area contributed by atoms with E-state index < -0.39 is 10.0 Å². The highest BCUT2D eigenvalue weighted by molar-refractivity contribution is 7.89. The highest BCUT2D eigenvalue weighted by atomic mass is 32.2. The standard InChI is InChI=1S/C22H39N3O3S/c1-3-4-5-10-29(27,28)25-8-6-24(7-9-25)17(2)21(26)23-22-14-18-11-19(15-22)13-20(12-18)16-22/h17-20H,3-16H2,1-2H3,(H,23,26). The Hall–Kier alpha value is -0.660. The molecule has 6 nitrogen and oxygen atoms in total. The minimum atomic E-state index is -3.16. The molecule has 4 aliphatic carbocycles. The molecule has 1 saturated heterocycles. The molecule has 1 heterocycles. The van der Waals surface area contributed by atoms with Crippen LogP contribution in [0.1, 0.15) is 71.6 Å². The zero-order valence-electron chi connectivity index (χ0n) is 18.2. The SMILES string of the molecule is CCCCCS(=O)(=O)N1CCN(C(C)C(=O)NC23CC4CC(CC(C4)C2)C3)CC1. The number of nitrogens with one attached hydrogen (secondary N) is 1. The molecule has 1 atom stereocenters. The number of amides is 1. The van der Waals surface area contributed by atoms with Gasteiger partial charge < -0.3 is 5.32 Å². The summed E-state index contributed by atoms with van der Waals surface area (Å²) in [7, 11) is -3.16. The molecule has 5 rings (SSSR count). The van der Waals surface area contributed by atoms with Crippen molar-refractivity contribution in [2.75, 3.05) is 31.9 Å². The monoisotopic (exact) mass is 425 g/mol. The second-order valence-electron chi connectivity index (χ2n) is 10.3. The van der Waals surface area contributed by atoms with Crippen LogP contribution in [0.5, 0.6) is 0 Å². The summed E-state index contributed by atoms with van der Waals surface area (Å²) in [5.74, 6) is 2.85. The van der Waals surface area contributed by atoms with Crippen molar-refractivity contribution >= 4 is 15.9 Å². The molecule has 4 saturated carbocycles. The summed E-state index contributed by atoms with van der Waals surface area (Å²) >= 11 is 0. The third kappa shape index (κ3) is 4.67. The van der Waals surface area contributed by atoms with Gasteiger partial charge in [0.25, 0.3) is 0 Å². The van der Waals surface area contributed by atoms with Crippen molar-refractivity contribution in [2.24, 2.45) is 17.8 Å². The second kappa shape index (κ2) is 8.46. The first-order chi connectivity index (χ1) is 13.8. The van der Waals surface area contributed by atoms with Gasteiger partial charge in [-0.2, -0.15) is 4.31 Å². The van der Waals surface area contributed by atoms with Gasteiger partial charge in [-0.1, -0.05) is 19.8 Å². The maximum absolute atomic E-state index is 13.1. The Bertz CT molecular complexity index is 665. The van der Waals surface area contributed by atoms with E-state index in [1.165, 1.54) is 38.5 Å². The molecule has 1 aliphatic heterocycles. The van der Waals surface area contributed by atoms with E-state index >= 15 is 0 Å². The van der Waals surface area contributed by atoms with E-state index in [0.717, 1.165) is 37.0 Å². The normalized spacial score (nSPS) is 36.3. The Labute approximate surface area is 176 Å². The van der Waals surface area contributed by atoms with Crippen molar-refractivity contribution in [3.05, 3.63) is 0 Å². The number of nitrogens with zero attached hydrogens (tertiary/aromatic N) is 2. The first-order valence-electron chi connectivity index (χ1n) is 11.8. The van der Waals surface area contributed by atoms with Crippen LogP contribution in [-0.4, -0.2) is 67.0 Å². The van der Waals surface area contributed by atoms with E-state index in [9.17, 15) is 13.2 Å². The summed E-state index contributed by atoms with van der Waals surface area (Å²) < 4.78 is 26.7. The largest absolute Gasteiger partial charge is 0.349 e. The number of carbonyl (C=O) groups is 1. The quantitative estimate of drug-likeness (QED) is 0.607. The van der Waals surface area contributed by atoms with E-state index in [1.807, 2.05) is 6.92 Å². The van der Waals surface area contributed by atoms with E-state index in [2.05, 4.69) is 17.1 Å². The average Bonchev–Trinajstić information content (AvgIpc) is 2.66. The van der Waals surface area contributed by atoms with Crippen LogP contribution in [0, 0.1) is 17.8 Å². The maximum atomic E-state index is 13.1. The average molecular weight is 426 g/mol. The Balaban J connectivity index is 1.28. The van der Waals surface area contributed by atoms with Crippen molar-refractivity contribution in [3.63, 3.8) is 0 Å². The van der Waals surface area contributed by atoms with Crippen molar-refractivity contribution in [2.45, 2.75) is 83.2 Å². The lowest BCUT2D eigenvalue weighted by Gasteiger charge is -2.57. The minimum absolute atomic E-state index is 0.0462. The summed E-state index contributed by atoms with van der Waals surface area (Å²) in [4.78, 5) is 15.3. The lowest BCUT2D eigenvalue weighted by atomic mass is 9.53. The lowest BCUT2D eigenvalue weighted by Crippen LogP contribution is -2.63. The minimum Gasteiger partial charge on any atom is -0.349 e. The molecule has 0 radical (unpaired) electrons. The van der Waals surface area contributed by atoms with Gasteiger partial charge >= 0.3 is 0 Å². The van der Waals surface area contributed by atoms with Crippen LogP contribution in [0.4, 0.5) is 0 Å². The van der Waals surface area contributed by atoms with Crippen molar-refractivity contribution in [3.8, 4) is 0 Å². The van der Waals surface area contributed by atoms with E-state index in [1.54, 1.807) is 4.31 Å². The predicted octanol–water partition coefficient (Wildman–Crippen LogP) is 2.60. The number of sulfonamides is 1. The topological polar surface area (TPSA) is 69.7 Å². The third-order valence-corrected chi connectivity index (χ3v) is 9.98. The summed E-state index contributed by atoms with van der Waals surface area (Å²) in [6.45, 7) is 6.36. The molecule has 0 spiro atoms. The van der Waals surface area contributed by atoms with Crippen LogP contribution in [0.3, 0.4) is 0 Å². The molecule has 7 heteroatoms. The summed E-state index contributed by atoms with van der Waals surface area (Å²) in [6.07, 6.45) is 10.4. The van der Waals surface area contributed by atoms with Gasteiger partial charge in [0.05, 0.1) is 11.8 Å². The number of unbranched alkanes of at least 4 members (excludes halogenated alkanes) is 2. The Morgan fingerprint density at radius 1 is 1.00 bits per heavy atom. The molecule has 4 bridgehead atoms. The molecule has 29 heavy (non-hydrogen) atoms. The van der Waals surface area contributed by atoms with E-state index in [-0.39, 0.29) is 23.2 Å². The second-order valence-corrected chi connectivity index (χ2v) is 12.4. The molecule has 166 valence electrons. The van der Waals surface area contributed by atoms with E-state index in [0.29, 0.717) is 26.2 Å². The van der Waals surface area contributed by atoms with Crippen LogP contribution >= 0.6 is 0 Å². The van der Waals surface area contributed by atoms with Crippen LogP contribution in [0.25, 0.3) is 0 Å². The van der Waals surface area contributed by atoms with Gasteiger partial charge in [-0.15, -0.1) is 0 Å². The summed E-state index contributed by atoms with van der Waals surface area (Å²) in [5.41, 5.74) is 0.0462. The van der Waals surface area contributed by atoms with Crippen LogP contribution in [0.2, 0.25) is 0 Å². The van der Waals surface area contributed by atoms with Gasteiger partial charge in [-0.05, 0) is 69.6 Å². The number of rotatable bonds is 8. The predicted molar refractivity (Wildman–Crippen MR) is 115 cm³/mol. The van der Waals surface area contributed by atoms with Gasteiger partial charge in [0.2, 0.25) is 15.9 Å². The fourth-order valence-corrected chi connectivity index (χ4v) is 8.37. The van der Waals surface area contributed by atoms with Crippen molar-refractivity contribution in [1.29, 1.82) is 0 Å². The van der Waals surface area contributed by atoms with Crippen molar-refractivity contribution < 1.29 is 13.2 Å². The van der Waals surface area contributed by atoms with Crippen LogP contribution in [0.15, 0.2) is 0 Å². The van der Waals surface area contributed by atoms with Gasteiger partial charge in [-0.25, -0.2) is 8.42 Å². The van der Waals surface area contributed by atoms with Gasteiger partial charge in [0.15, 0.2) is 0 Å². The smallest absolute Gasteiger partial charge is 0.237 e. The van der Waals surface area contributed by atoms with E-state index in [4.69, 9.17) is 0 Å². The van der Waals surface area contributed by atoms with Crippen molar-refractivity contribution in [1.82, 2.24) is 14.5 Å². The molecule has 5 aliphatic rings. The molecular weight excluding hydrogens is 386 g/mol. The number of piperazine rings is 1. The Morgan fingerprint density at radius 3 is 2.07 bits per heavy atom. The number of hydrogen-bond acceptors (Lipinski definition) is 4. The fourth-order valence-electron chi connectivity index (χ4n) is 6.83. The molecule has 5 fully saturated rings. The Kier molecular flexibility index (Phi) is 6.29. The first-order valence-corrected chi connectivity index (χ1v) is 13.4. The van der Waals surface area contributed by atoms with Gasteiger partial charge in [0.1, 0.15) is 0 Å². The zero-order valence-corrected chi connectivity index (χ0v) is 19.1. The number of hydrogen-bond donors (Lipinski definition) is 1. The molecule has 1 unspecified atom stereocenters. The fraction of sp³-hybridized carbons (Fsp3) is 0.955. The summed E-state index contributed by atoms with van der Waals surface area (Å²) in [5, 5.41) is 3.48. The van der Waals surface area contributed by atoms with Crippen LogP contribution in [-0.2, 0) is 14.8 Å². The highest BCUT2D eigenvalue weighted by Gasteiger charge is 2.51. The lowest BCUT2D eigenvalue weighted by molar-refractivity contribution is -0.132. The molecule has 1 N–H and O–H groups in total. The Morgan fingerprint density at radius 2 is 1.55 bits per heavy atom. The zero-order chi connectivity index (χ0) is 20.6. The summed E-state index contributed by atoms with van der Waals surface area (Å²) in [6, 6.07) is -0.187. The number of carbonyl (C=O) groups excluding carboxylic acids is 1. The first kappa shape index (κ1) is 21.6. The highest BCUT2D eigenvalue weighted by Crippen LogP contribution is 2.55.